The first-order valence-corrected chi connectivity index (χ1v) is 5.72. The summed E-state index contributed by atoms with van der Waals surface area (Å²) in [5.41, 5.74) is 5.13. The molecular weight excluding hydrogens is 210 g/mol. The summed E-state index contributed by atoms with van der Waals surface area (Å²) < 4.78 is 1.88. The Morgan fingerprint density at radius 2 is 2.12 bits per heavy atom. The largest absolute Gasteiger partial charge is 0.236 e. The molecule has 0 radical (unpaired) electrons. The molecule has 3 heteroatoms. The molecular formula is C14H15N3. The van der Waals surface area contributed by atoms with Gasteiger partial charge in [-0.1, -0.05) is 19.1 Å². The maximum absolute atomic E-state index is 9.03. The standard InChI is InChI=1S/C14H15N3/c1-4-13-12(8-15)9-16-17(13)14-7-5-6-10(2)11(14)3/h5-7,9H,4H2,1-3H3. The summed E-state index contributed by atoms with van der Waals surface area (Å²) in [5, 5.41) is 13.4. The summed E-state index contributed by atoms with van der Waals surface area (Å²) >= 11 is 0. The lowest BCUT2D eigenvalue weighted by Crippen LogP contribution is -2.04. The monoisotopic (exact) mass is 225 g/mol. The van der Waals surface area contributed by atoms with Crippen molar-refractivity contribution in [3.63, 3.8) is 0 Å². The highest BCUT2D eigenvalue weighted by molar-refractivity contribution is 5.47. The molecule has 0 fully saturated rings. The molecule has 0 aliphatic heterocycles. The number of hydrogen-bond acceptors (Lipinski definition) is 2. The van der Waals surface area contributed by atoms with Gasteiger partial charge in [0.2, 0.25) is 0 Å². The molecule has 0 aliphatic rings. The Labute approximate surface area is 101 Å². The van der Waals surface area contributed by atoms with Crippen LogP contribution in [0.3, 0.4) is 0 Å². The molecule has 17 heavy (non-hydrogen) atoms. The molecule has 0 spiro atoms. The van der Waals surface area contributed by atoms with Crippen molar-refractivity contribution in [2.75, 3.05) is 0 Å². The van der Waals surface area contributed by atoms with Crippen LogP contribution in [-0.4, -0.2) is 9.78 Å². The number of nitriles is 1. The molecule has 0 saturated heterocycles. The van der Waals surface area contributed by atoms with Gasteiger partial charge in [-0.2, -0.15) is 10.4 Å². The second kappa shape index (κ2) is 4.42. The third kappa shape index (κ3) is 1.83. The predicted molar refractivity (Wildman–Crippen MR) is 67.1 cm³/mol. The van der Waals surface area contributed by atoms with Crippen LogP contribution < -0.4 is 0 Å². The van der Waals surface area contributed by atoms with E-state index in [-0.39, 0.29) is 0 Å². The van der Waals surface area contributed by atoms with E-state index < -0.39 is 0 Å². The van der Waals surface area contributed by atoms with E-state index in [1.54, 1.807) is 6.20 Å². The van der Waals surface area contributed by atoms with E-state index in [1.165, 1.54) is 11.1 Å². The van der Waals surface area contributed by atoms with Crippen LogP contribution in [0.5, 0.6) is 0 Å². The fourth-order valence-corrected chi connectivity index (χ4v) is 1.98. The van der Waals surface area contributed by atoms with Crippen molar-refractivity contribution >= 4 is 0 Å². The van der Waals surface area contributed by atoms with Crippen molar-refractivity contribution in [3.05, 3.63) is 46.8 Å². The van der Waals surface area contributed by atoms with Gasteiger partial charge >= 0.3 is 0 Å². The minimum absolute atomic E-state index is 0.661. The van der Waals surface area contributed by atoms with Crippen LogP contribution in [0.1, 0.15) is 29.3 Å². The average molecular weight is 225 g/mol. The van der Waals surface area contributed by atoms with Gasteiger partial charge in [0, 0.05) is 0 Å². The number of rotatable bonds is 2. The molecule has 2 aromatic rings. The van der Waals surface area contributed by atoms with Crippen molar-refractivity contribution in [1.29, 1.82) is 5.26 Å². The highest BCUT2D eigenvalue weighted by Crippen LogP contribution is 2.20. The van der Waals surface area contributed by atoms with E-state index in [0.717, 1.165) is 17.8 Å². The third-order valence-electron chi connectivity index (χ3n) is 3.13. The summed E-state index contributed by atoms with van der Waals surface area (Å²) in [5.74, 6) is 0. The van der Waals surface area contributed by atoms with Crippen molar-refractivity contribution < 1.29 is 0 Å². The van der Waals surface area contributed by atoms with Gasteiger partial charge in [0.1, 0.15) is 6.07 Å². The number of nitrogens with zero attached hydrogens (tertiary/aromatic N) is 3. The average Bonchev–Trinajstić information content (AvgIpc) is 2.75. The molecule has 0 aliphatic carbocycles. The molecule has 1 heterocycles. The fraction of sp³-hybridized carbons (Fsp3) is 0.286. The molecule has 0 saturated carbocycles. The highest BCUT2D eigenvalue weighted by Gasteiger charge is 2.12. The number of aryl methyl sites for hydroxylation is 1. The zero-order chi connectivity index (χ0) is 12.4. The Bertz CT molecular complexity index is 588. The van der Waals surface area contributed by atoms with E-state index in [9.17, 15) is 0 Å². The molecule has 0 amide bonds. The van der Waals surface area contributed by atoms with Crippen molar-refractivity contribution in [1.82, 2.24) is 9.78 Å². The van der Waals surface area contributed by atoms with Crippen LogP contribution in [0.15, 0.2) is 24.4 Å². The first kappa shape index (κ1) is 11.4. The van der Waals surface area contributed by atoms with Crippen LogP contribution in [0.2, 0.25) is 0 Å². The van der Waals surface area contributed by atoms with Crippen LogP contribution in [-0.2, 0) is 6.42 Å². The second-order valence-electron chi connectivity index (χ2n) is 4.10. The molecule has 3 nitrogen and oxygen atoms in total. The molecule has 2 rings (SSSR count). The molecule has 0 N–H and O–H groups in total. The fourth-order valence-electron chi connectivity index (χ4n) is 1.98. The van der Waals surface area contributed by atoms with Crippen LogP contribution in [0, 0.1) is 25.2 Å². The molecule has 0 bridgehead atoms. The van der Waals surface area contributed by atoms with E-state index >= 15 is 0 Å². The van der Waals surface area contributed by atoms with Gasteiger partial charge in [0.25, 0.3) is 0 Å². The zero-order valence-electron chi connectivity index (χ0n) is 10.4. The summed E-state index contributed by atoms with van der Waals surface area (Å²) in [6, 6.07) is 8.33. The van der Waals surface area contributed by atoms with E-state index in [1.807, 2.05) is 23.7 Å². The summed E-state index contributed by atoms with van der Waals surface area (Å²) in [6.45, 7) is 6.20. The first-order valence-electron chi connectivity index (χ1n) is 5.72. The van der Waals surface area contributed by atoms with Gasteiger partial charge in [-0.25, -0.2) is 4.68 Å². The van der Waals surface area contributed by atoms with Gasteiger partial charge in [0.15, 0.2) is 0 Å². The Morgan fingerprint density at radius 1 is 1.35 bits per heavy atom. The summed E-state index contributed by atoms with van der Waals surface area (Å²) in [6.07, 6.45) is 2.44. The van der Waals surface area contributed by atoms with Crippen molar-refractivity contribution in [3.8, 4) is 11.8 Å². The second-order valence-corrected chi connectivity index (χ2v) is 4.10. The Morgan fingerprint density at radius 3 is 2.76 bits per heavy atom. The highest BCUT2D eigenvalue weighted by atomic mass is 15.3. The first-order chi connectivity index (χ1) is 8.19. The number of hydrogen-bond donors (Lipinski definition) is 0. The van der Waals surface area contributed by atoms with Crippen LogP contribution >= 0.6 is 0 Å². The third-order valence-corrected chi connectivity index (χ3v) is 3.13. The molecule has 0 atom stereocenters. The molecule has 1 aromatic carbocycles. The number of benzene rings is 1. The SMILES string of the molecule is CCc1c(C#N)cnn1-c1cccc(C)c1C. The minimum atomic E-state index is 0.661. The Hall–Kier alpha value is -2.08. The van der Waals surface area contributed by atoms with Gasteiger partial charge in [-0.3, -0.25) is 0 Å². The minimum Gasteiger partial charge on any atom is -0.236 e. The summed E-state index contributed by atoms with van der Waals surface area (Å²) in [4.78, 5) is 0. The normalized spacial score (nSPS) is 10.2. The van der Waals surface area contributed by atoms with Gasteiger partial charge in [-0.05, 0) is 37.5 Å². The van der Waals surface area contributed by atoms with Gasteiger partial charge < -0.3 is 0 Å². The lowest BCUT2D eigenvalue weighted by atomic mass is 10.1. The maximum Gasteiger partial charge on any atom is 0.103 e. The van der Waals surface area contributed by atoms with Crippen LogP contribution in [0.4, 0.5) is 0 Å². The lowest BCUT2D eigenvalue weighted by Gasteiger charge is -2.11. The number of aromatic nitrogens is 2. The summed E-state index contributed by atoms with van der Waals surface area (Å²) in [7, 11) is 0. The van der Waals surface area contributed by atoms with Crippen molar-refractivity contribution in [2.24, 2.45) is 0 Å². The van der Waals surface area contributed by atoms with Gasteiger partial charge in [-0.15, -0.1) is 0 Å². The van der Waals surface area contributed by atoms with E-state index in [2.05, 4.69) is 31.1 Å². The quantitative estimate of drug-likeness (QED) is 0.788. The van der Waals surface area contributed by atoms with E-state index in [0.29, 0.717) is 5.56 Å². The zero-order valence-corrected chi connectivity index (χ0v) is 10.4. The van der Waals surface area contributed by atoms with Crippen LogP contribution in [0.25, 0.3) is 5.69 Å². The van der Waals surface area contributed by atoms with Crippen molar-refractivity contribution in [2.45, 2.75) is 27.2 Å². The topological polar surface area (TPSA) is 41.6 Å². The lowest BCUT2D eigenvalue weighted by molar-refractivity contribution is 0.806. The maximum atomic E-state index is 9.03. The van der Waals surface area contributed by atoms with Gasteiger partial charge in [0.05, 0.1) is 23.1 Å². The Kier molecular flexibility index (Phi) is 2.97. The Balaban J connectivity index is 2.65. The smallest absolute Gasteiger partial charge is 0.103 e. The molecule has 0 unspecified atom stereocenters. The predicted octanol–water partition coefficient (Wildman–Crippen LogP) is 2.92. The molecule has 86 valence electrons. The van der Waals surface area contributed by atoms with E-state index in [4.69, 9.17) is 5.26 Å². The molecule has 1 aromatic heterocycles.